The van der Waals surface area contributed by atoms with E-state index in [4.69, 9.17) is 4.74 Å². The number of nitrogens with one attached hydrogen (secondary N) is 2. The Balaban J connectivity index is 2.14. The fourth-order valence-corrected chi connectivity index (χ4v) is 1.76. The second-order valence-corrected chi connectivity index (χ2v) is 4.08. The van der Waals surface area contributed by atoms with Crippen molar-refractivity contribution >= 4 is 11.6 Å². The largest absolute Gasteiger partial charge is 0.490 e. The van der Waals surface area contributed by atoms with Gasteiger partial charge >= 0.3 is 0 Å². The zero-order chi connectivity index (χ0) is 14.4. The average molecular weight is 274 g/mol. The Hall–Kier alpha value is -2.44. The number of methoxy groups -OCH3 is 1. The molecular weight excluding hydrogens is 256 g/mol. The quantitative estimate of drug-likeness (QED) is 0.828. The molecule has 0 saturated heterocycles. The Morgan fingerprint density at radius 3 is 2.55 bits per heavy atom. The first-order valence-electron chi connectivity index (χ1n) is 6.39. The number of hydrogen-bond donors (Lipinski definition) is 2. The smallest absolute Gasteiger partial charge is 0.204 e. The van der Waals surface area contributed by atoms with E-state index in [9.17, 15) is 0 Å². The molecule has 2 aromatic rings. The highest BCUT2D eigenvalue weighted by molar-refractivity contribution is 5.63. The predicted molar refractivity (Wildman–Crippen MR) is 76.8 cm³/mol. The molecule has 0 unspecified atom stereocenters. The van der Waals surface area contributed by atoms with Crippen molar-refractivity contribution in [2.75, 3.05) is 24.3 Å². The monoisotopic (exact) mass is 274 g/mol. The third-order valence-corrected chi connectivity index (χ3v) is 2.62. The molecule has 0 aliphatic carbocycles. The van der Waals surface area contributed by atoms with Crippen molar-refractivity contribution in [2.24, 2.45) is 0 Å². The second-order valence-electron chi connectivity index (χ2n) is 4.08. The Morgan fingerprint density at radius 1 is 1.15 bits per heavy atom. The molecule has 0 fully saturated rings. The summed E-state index contributed by atoms with van der Waals surface area (Å²) in [5, 5.41) is 6.33. The summed E-state index contributed by atoms with van der Waals surface area (Å²) in [5.41, 5.74) is 0.892. The number of hydrogen-bond acceptors (Lipinski definition) is 7. The summed E-state index contributed by atoms with van der Waals surface area (Å²) in [4.78, 5) is 16.8. The molecule has 0 spiro atoms. The Morgan fingerprint density at radius 2 is 1.90 bits per heavy atom. The maximum absolute atomic E-state index is 5.36. The topological polar surface area (TPSA) is 84.9 Å². The Kier molecular flexibility index (Phi) is 4.65. The van der Waals surface area contributed by atoms with E-state index in [0.717, 1.165) is 18.1 Å². The molecule has 2 rings (SSSR count). The SMILES string of the molecule is CCNc1ncnc(NCc2ccnc(C)n2)c1OC. The van der Waals surface area contributed by atoms with Gasteiger partial charge in [0.05, 0.1) is 19.3 Å². The van der Waals surface area contributed by atoms with Crippen molar-refractivity contribution in [2.45, 2.75) is 20.4 Å². The first-order chi connectivity index (χ1) is 9.74. The lowest BCUT2D eigenvalue weighted by Gasteiger charge is -2.13. The van der Waals surface area contributed by atoms with Crippen molar-refractivity contribution in [1.29, 1.82) is 0 Å². The first-order valence-corrected chi connectivity index (χ1v) is 6.39. The summed E-state index contributed by atoms with van der Waals surface area (Å²) < 4.78 is 5.36. The molecule has 2 aromatic heterocycles. The van der Waals surface area contributed by atoms with Crippen LogP contribution in [0.25, 0.3) is 0 Å². The van der Waals surface area contributed by atoms with Crippen LogP contribution in [-0.2, 0) is 6.54 Å². The molecule has 0 aliphatic rings. The van der Waals surface area contributed by atoms with Crippen LogP contribution in [-0.4, -0.2) is 33.6 Å². The van der Waals surface area contributed by atoms with E-state index < -0.39 is 0 Å². The van der Waals surface area contributed by atoms with Gasteiger partial charge in [0, 0.05) is 12.7 Å². The highest BCUT2D eigenvalue weighted by atomic mass is 16.5. The lowest BCUT2D eigenvalue weighted by atomic mass is 10.3. The van der Waals surface area contributed by atoms with Crippen molar-refractivity contribution in [1.82, 2.24) is 19.9 Å². The highest BCUT2D eigenvalue weighted by Crippen LogP contribution is 2.28. The molecule has 7 nitrogen and oxygen atoms in total. The number of rotatable bonds is 6. The molecule has 0 aliphatic heterocycles. The number of aryl methyl sites for hydroxylation is 1. The van der Waals surface area contributed by atoms with Crippen LogP contribution in [0, 0.1) is 6.92 Å². The minimum Gasteiger partial charge on any atom is -0.490 e. The lowest BCUT2D eigenvalue weighted by Crippen LogP contribution is -2.09. The van der Waals surface area contributed by atoms with Gasteiger partial charge in [0.1, 0.15) is 12.2 Å². The lowest BCUT2D eigenvalue weighted by molar-refractivity contribution is 0.414. The molecular formula is C13H18N6O. The van der Waals surface area contributed by atoms with Gasteiger partial charge < -0.3 is 15.4 Å². The summed E-state index contributed by atoms with van der Waals surface area (Å²) in [6.07, 6.45) is 3.23. The van der Waals surface area contributed by atoms with Gasteiger partial charge in [0.2, 0.25) is 5.75 Å². The molecule has 0 aromatic carbocycles. The van der Waals surface area contributed by atoms with Crippen LogP contribution in [0.3, 0.4) is 0 Å². The minimum absolute atomic E-state index is 0.544. The van der Waals surface area contributed by atoms with Gasteiger partial charge in [-0.3, -0.25) is 0 Å². The molecule has 106 valence electrons. The third-order valence-electron chi connectivity index (χ3n) is 2.62. The van der Waals surface area contributed by atoms with Crippen molar-refractivity contribution in [3.63, 3.8) is 0 Å². The molecule has 0 atom stereocenters. The van der Waals surface area contributed by atoms with Crippen LogP contribution in [0.15, 0.2) is 18.6 Å². The van der Waals surface area contributed by atoms with E-state index in [-0.39, 0.29) is 0 Å². The maximum atomic E-state index is 5.36. The summed E-state index contributed by atoms with van der Waals surface area (Å²) >= 11 is 0. The zero-order valence-electron chi connectivity index (χ0n) is 11.8. The second kappa shape index (κ2) is 6.65. The van der Waals surface area contributed by atoms with E-state index in [1.165, 1.54) is 6.33 Å². The van der Waals surface area contributed by atoms with Crippen molar-refractivity contribution in [3.05, 3.63) is 30.1 Å². The van der Waals surface area contributed by atoms with E-state index in [2.05, 4.69) is 30.6 Å². The van der Waals surface area contributed by atoms with Crippen LogP contribution in [0.4, 0.5) is 11.6 Å². The molecule has 7 heteroatoms. The van der Waals surface area contributed by atoms with Gasteiger partial charge in [-0.05, 0) is 19.9 Å². The van der Waals surface area contributed by atoms with E-state index >= 15 is 0 Å². The molecule has 0 saturated carbocycles. The van der Waals surface area contributed by atoms with E-state index in [0.29, 0.717) is 23.9 Å². The number of aromatic nitrogens is 4. The molecule has 0 bridgehead atoms. The van der Waals surface area contributed by atoms with Crippen LogP contribution in [0.1, 0.15) is 18.4 Å². The van der Waals surface area contributed by atoms with Crippen LogP contribution >= 0.6 is 0 Å². The number of nitrogens with zero attached hydrogens (tertiary/aromatic N) is 4. The maximum Gasteiger partial charge on any atom is 0.204 e. The van der Waals surface area contributed by atoms with Gasteiger partial charge in [-0.15, -0.1) is 0 Å². The molecule has 20 heavy (non-hydrogen) atoms. The third kappa shape index (κ3) is 3.31. The van der Waals surface area contributed by atoms with Gasteiger partial charge in [0.25, 0.3) is 0 Å². The molecule has 2 N–H and O–H groups in total. The Bertz CT molecular complexity index is 575. The standard InChI is InChI=1S/C13H18N6O/c1-4-14-12-11(20-3)13(18-8-17-12)16-7-10-5-6-15-9(2)19-10/h5-6,8H,4,7H2,1-3H3,(H2,14,16,17,18). The highest BCUT2D eigenvalue weighted by Gasteiger charge is 2.11. The van der Waals surface area contributed by atoms with Gasteiger partial charge in [-0.1, -0.05) is 0 Å². The fourth-order valence-electron chi connectivity index (χ4n) is 1.76. The van der Waals surface area contributed by atoms with Crippen LogP contribution in [0.5, 0.6) is 5.75 Å². The average Bonchev–Trinajstić information content (AvgIpc) is 2.45. The molecule has 0 radical (unpaired) electrons. The number of anilines is 2. The predicted octanol–water partition coefficient (Wildman–Crippen LogP) is 1.63. The summed E-state index contributed by atoms with van der Waals surface area (Å²) in [5.74, 6) is 2.65. The normalized spacial score (nSPS) is 10.2. The van der Waals surface area contributed by atoms with E-state index in [1.807, 2.05) is 19.9 Å². The van der Waals surface area contributed by atoms with Crippen LogP contribution in [0.2, 0.25) is 0 Å². The number of ether oxygens (including phenoxy) is 1. The summed E-state index contributed by atoms with van der Waals surface area (Å²) in [6, 6.07) is 1.86. The van der Waals surface area contributed by atoms with E-state index in [1.54, 1.807) is 13.3 Å². The summed E-state index contributed by atoms with van der Waals surface area (Å²) in [7, 11) is 1.60. The van der Waals surface area contributed by atoms with Crippen molar-refractivity contribution < 1.29 is 4.74 Å². The Labute approximate surface area is 117 Å². The van der Waals surface area contributed by atoms with Gasteiger partial charge in [-0.2, -0.15) is 0 Å². The fraction of sp³-hybridized carbons (Fsp3) is 0.385. The molecule has 0 amide bonds. The minimum atomic E-state index is 0.544. The van der Waals surface area contributed by atoms with Crippen LogP contribution < -0.4 is 15.4 Å². The first kappa shape index (κ1) is 14.0. The van der Waals surface area contributed by atoms with Gasteiger partial charge in [0.15, 0.2) is 11.6 Å². The zero-order valence-corrected chi connectivity index (χ0v) is 11.8. The van der Waals surface area contributed by atoms with Crippen molar-refractivity contribution in [3.8, 4) is 5.75 Å². The van der Waals surface area contributed by atoms with Gasteiger partial charge in [-0.25, -0.2) is 19.9 Å². The molecule has 2 heterocycles. The summed E-state index contributed by atoms with van der Waals surface area (Å²) in [6.45, 7) is 5.16.